The lowest BCUT2D eigenvalue weighted by molar-refractivity contribution is -0.112. The number of allylic oxidation sites excluding steroid dienone is 1. The fourth-order valence-corrected chi connectivity index (χ4v) is 3.48. The molecule has 0 fully saturated rings. The molecule has 3 aromatic carbocycles. The molecule has 0 spiro atoms. The highest BCUT2D eigenvalue weighted by molar-refractivity contribution is 6.34. The van der Waals surface area contributed by atoms with Crippen LogP contribution in [0, 0.1) is 11.3 Å². The van der Waals surface area contributed by atoms with Crippen LogP contribution in [0.4, 0.5) is 5.69 Å². The van der Waals surface area contributed by atoms with Crippen LogP contribution in [0.5, 0.6) is 11.5 Å². The second-order valence-corrected chi connectivity index (χ2v) is 7.72. The molecule has 3 aromatic rings. The first kappa shape index (κ1) is 24.6. The minimum absolute atomic E-state index is 0.0649. The van der Waals surface area contributed by atoms with Gasteiger partial charge in [0, 0.05) is 5.56 Å². The average molecular weight is 473 g/mol. The van der Waals surface area contributed by atoms with Crippen molar-refractivity contribution >= 4 is 29.3 Å². The number of carbonyl (C=O) groups excluding carboxylic acids is 1. The van der Waals surface area contributed by atoms with Gasteiger partial charge in [-0.3, -0.25) is 4.79 Å². The number of nitrogens with one attached hydrogen (secondary N) is 1. The number of halogens is 1. The van der Waals surface area contributed by atoms with Crippen LogP contribution in [0.15, 0.2) is 85.0 Å². The van der Waals surface area contributed by atoms with E-state index in [2.05, 4.69) is 11.9 Å². The van der Waals surface area contributed by atoms with E-state index in [0.29, 0.717) is 47.4 Å². The Morgan fingerprint density at radius 1 is 1.12 bits per heavy atom. The van der Waals surface area contributed by atoms with E-state index in [1.165, 1.54) is 6.08 Å². The van der Waals surface area contributed by atoms with Crippen molar-refractivity contribution < 1.29 is 14.3 Å². The third kappa shape index (κ3) is 6.50. The molecule has 34 heavy (non-hydrogen) atoms. The Hall–Kier alpha value is -4.01. The molecule has 0 aromatic heterocycles. The number of benzene rings is 3. The van der Waals surface area contributed by atoms with Crippen molar-refractivity contribution in [2.45, 2.75) is 20.0 Å². The number of carbonyl (C=O) groups is 1. The maximum atomic E-state index is 12.7. The van der Waals surface area contributed by atoms with Crippen molar-refractivity contribution in [3.63, 3.8) is 0 Å². The number of hydrogen-bond donors (Lipinski definition) is 1. The SMILES string of the molecule is C=CCc1cc(/C=C(\C#N)C(=O)Nc2ccccc2Cl)cc(OCC)c1OCc1ccccc1. The average Bonchev–Trinajstić information content (AvgIpc) is 2.84. The van der Waals surface area contributed by atoms with Crippen LogP contribution in [-0.4, -0.2) is 12.5 Å². The lowest BCUT2D eigenvalue weighted by Crippen LogP contribution is -2.13. The van der Waals surface area contributed by atoms with Crippen molar-refractivity contribution in [3.8, 4) is 17.6 Å². The van der Waals surface area contributed by atoms with Gasteiger partial charge < -0.3 is 14.8 Å². The molecule has 0 saturated heterocycles. The minimum atomic E-state index is -0.553. The third-order valence-electron chi connectivity index (χ3n) is 4.84. The van der Waals surface area contributed by atoms with E-state index in [1.54, 1.807) is 36.4 Å². The van der Waals surface area contributed by atoms with Crippen LogP contribution in [0.2, 0.25) is 5.02 Å². The molecule has 1 N–H and O–H groups in total. The van der Waals surface area contributed by atoms with Gasteiger partial charge in [-0.1, -0.05) is 60.1 Å². The second kappa shape index (κ2) is 12.3. The predicted molar refractivity (Wildman–Crippen MR) is 136 cm³/mol. The maximum Gasteiger partial charge on any atom is 0.266 e. The highest BCUT2D eigenvalue weighted by Gasteiger charge is 2.16. The number of ether oxygens (including phenoxy) is 2. The van der Waals surface area contributed by atoms with Crippen LogP contribution in [0.25, 0.3) is 6.08 Å². The summed E-state index contributed by atoms with van der Waals surface area (Å²) in [6.07, 6.45) is 3.81. The first-order valence-electron chi connectivity index (χ1n) is 10.8. The van der Waals surface area contributed by atoms with E-state index in [0.717, 1.165) is 11.1 Å². The normalized spacial score (nSPS) is 10.8. The van der Waals surface area contributed by atoms with Crippen molar-refractivity contribution in [2.24, 2.45) is 0 Å². The van der Waals surface area contributed by atoms with Crippen molar-refractivity contribution in [3.05, 3.63) is 107 Å². The zero-order valence-electron chi connectivity index (χ0n) is 18.9. The fourth-order valence-electron chi connectivity index (χ4n) is 3.30. The first-order chi connectivity index (χ1) is 16.5. The van der Waals surface area contributed by atoms with Crippen molar-refractivity contribution in [1.29, 1.82) is 5.26 Å². The summed E-state index contributed by atoms with van der Waals surface area (Å²) < 4.78 is 12.0. The lowest BCUT2D eigenvalue weighted by atomic mass is 10.0. The molecule has 0 aliphatic carbocycles. The molecule has 1 amide bonds. The molecule has 172 valence electrons. The molecule has 0 aliphatic heterocycles. The van der Waals surface area contributed by atoms with Crippen molar-refractivity contribution in [1.82, 2.24) is 0 Å². The Kier molecular flexibility index (Phi) is 8.90. The van der Waals surface area contributed by atoms with Gasteiger partial charge in [-0.25, -0.2) is 0 Å². The van der Waals surface area contributed by atoms with Gasteiger partial charge in [-0.2, -0.15) is 5.26 Å². The number of anilines is 1. The van der Waals surface area contributed by atoms with Crippen LogP contribution < -0.4 is 14.8 Å². The molecule has 0 radical (unpaired) electrons. The maximum absolute atomic E-state index is 12.7. The van der Waals surface area contributed by atoms with E-state index < -0.39 is 5.91 Å². The van der Waals surface area contributed by atoms with E-state index >= 15 is 0 Å². The summed E-state index contributed by atoms with van der Waals surface area (Å²) in [6.45, 7) is 6.53. The van der Waals surface area contributed by atoms with Gasteiger partial charge in [0.25, 0.3) is 5.91 Å². The van der Waals surface area contributed by atoms with E-state index in [1.807, 2.05) is 49.4 Å². The number of nitriles is 1. The number of rotatable bonds is 10. The molecule has 0 heterocycles. The predicted octanol–water partition coefficient (Wildman–Crippen LogP) is 6.59. The number of nitrogens with zero attached hydrogens (tertiary/aromatic N) is 1. The van der Waals surface area contributed by atoms with Gasteiger partial charge in [0.15, 0.2) is 11.5 Å². The van der Waals surface area contributed by atoms with Gasteiger partial charge in [0.2, 0.25) is 0 Å². The van der Waals surface area contributed by atoms with Gasteiger partial charge in [-0.05, 0) is 54.8 Å². The fraction of sp³-hybridized carbons (Fsp3) is 0.143. The molecular weight excluding hydrogens is 448 g/mol. The largest absolute Gasteiger partial charge is 0.490 e. The second-order valence-electron chi connectivity index (χ2n) is 7.31. The standard InChI is InChI=1S/C28H25ClN2O3/c1-3-10-22-15-21(16-23(18-30)28(32)31-25-14-9-8-13-24(25)29)17-26(33-4-2)27(22)34-19-20-11-6-5-7-12-20/h3,5-9,11-17H,1,4,10,19H2,2H3,(H,31,32)/b23-16+. The Labute approximate surface area is 204 Å². The highest BCUT2D eigenvalue weighted by Crippen LogP contribution is 2.35. The lowest BCUT2D eigenvalue weighted by Gasteiger charge is -2.17. The topological polar surface area (TPSA) is 71.4 Å². The summed E-state index contributed by atoms with van der Waals surface area (Å²) in [5.74, 6) is 0.595. The van der Waals surface area contributed by atoms with E-state index in [9.17, 15) is 10.1 Å². The molecule has 5 nitrogen and oxygen atoms in total. The quantitative estimate of drug-likeness (QED) is 0.205. The van der Waals surface area contributed by atoms with Crippen LogP contribution in [-0.2, 0) is 17.8 Å². The smallest absolute Gasteiger partial charge is 0.266 e. The van der Waals surface area contributed by atoms with Gasteiger partial charge in [0.05, 0.1) is 17.3 Å². The van der Waals surface area contributed by atoms with Gasteiger partial charge >= 0.3 is 0 Å². The van der Waals surface area contributed by atoms with Crippen LogP contribution in [0.1, 0.15) is 23.6 Å². The summed E-state index contributed by atoms with van der Waals surface area (Å²) in [6, 6.07) is 22.3. The Morgan fingerprint density at radius 2 is 1.85 bits per heavy atom. The monoisotopic (exact) mass is 472 g/mol. The van der Waals surface area contributed by atoms with E-state index in [4.69, 9.17) is 21.1 Å². The summed E-state index contributed by atoms with van der Waals surface area (Å²) in [7, 11) is 0. The molecule has 0 unspecified atom stereocenters. The molecule has 0 aliphatic rings. The van der Waals surface area contributed by atoms with Crippen LogP contribution in [0.3, 0.4) is 0 Å². The highest BCUT2D eigenvalue weighted by atomic mass is 35.5. The minimum Gasteiger partial charge on any atom is -0.490 e. The summed E-state index contributed by atoms with van der Waals surface area (Å²) >= 11 is 6.12. The van der Waals surface area contributed by atoms with Gasteiger partial charge in [0.1, 0.15) is 18.2 Å². The summed E-state index contributed by atoms with van der Waals surface area (Å²) in [5, 5.41) is 12.7. The Bertz CT molecular complexity index is 1230. The van der Waals surface area contributed by atoms with Gasteiger partial charge in [-0.15, -0.1) is 6.58 Å². The zero-order chi connectivity index (χ0) is 24.3. The van der Waals surface area contributed by atoms with Crippen LogP contribution >= 0.6 is 11.6 Å². The number of amides is 1. The number of hydrogen-bond acceptors (Lipinski definition) is 4. The zero-order valence-corrected chi connectivity index (χ0v) is 19.6. The number of para-hydroxylation sites is 1. The first-order valence-corrected chi connectivity index (χ1v) is 11.2. The molecule has 0 saturated carbocycles. The molecule has 0 bridgehead atoms. The summed E-state index contributed by atoms with van der Waals surface area (Å²) in [4.78, 5) is 12.7. The Balaban J connectivity index is 1.94. The van der Waals surface area contributed by atoms with Crippen molar-refractivity contribution in [2.75, 3.05) is 11.9 Å². The Morgan fingerprint density at radius 3 is 2.53 bits per heavy atom. The molecule has 3 rings (SSSR count). The summed E-state index contributed by atoms with van der Waals surface area (Å²) in [5.41, 5.74) is 2.87. The third-order valence-corrected chi connectivity index (χ3v) is 5.17. The molecular formula is C28H25ClN2O3. The van der Waals surface area contributed by atoms with E-state index in [-0.39, 0.29) is 5.57 Å². The molecule has 6 heteroatoms. The molecule has 0 atom stereocenters.